The van der Waals surface area contributed by atoms with Crippen LogP contribution in [0.4, 0.5) is 27.6 Å². The van der Waals surface area contributed by atoms with Crippen molar-refractivity contribution in [2.45, 2.75) is 43.5 Å². The lowest BCUT2D eigenvalue weighted by molar-refractivity contribution is -0.0436. The molecule has 2 N–H and O–H groups in total. The maximum absolute atomic E-state index is 13.9. The Morgan fingerprint density at radius 1 is 0.973 bits per heavy atom. The Morgan fingerprint density at radius 3 is 2.03 bits per heavy atom. The van der Waals surface area contributed by atoms with E-state index in [0.717, 1.165) is 18.2 Å². The molecule has 0 aliphatic heterocycles. The maximum Gasteiger partial charge on any atom is 0.501 e. The molecule has 1 amide bonds. The molecule has 5 nitrogen and oxygen atoms in total. The smallest absolute Gasteiger partial charge is 0.501 e. The average molecular weight is 562 g/mol. The van der Waals surface area contributed by atoms with Crippen molar-refractivity contribution < 1.29 is 40.3 Å². The molecule has 37 heavy (non-hydrogen) atoms. The predicted octanol–water partition coefficient (Wildman–Crippen LogP) is 7.14. The number of phenols is 1. The van der Waals surface area contributed by atoms with Crippen LogP contribution < -0.4 is 5.32 Å². The Balaban J connectivity index is 2.14. The van der Waals surface area contributed by atoms with Gasteiger partial charge >= 0.3 is 5.51 Å². The molecule has 12 heteroatoms. The lowest BCUT2D eigenvalue weighted by Crippen LogP contribution is -2.23. The molecule has 0 saturated carbocycles. The lowest BCUT2D eigenvalue weighted by atomic mass is 9.81. The van der Waals surface area contributed by atoms with Gasteiger partial charge in [0.2, 0.25) is 0 Å². The third-order valence-corrected chi connectivity index (χ3v) is 7.37. The third-order valence-electron chi connectivity index (χ3n) is 5.57. The fourth-order valence-corrected chi connectivity index (χ4v) is 4.79. The number of nitrogens with one attached hydrogen (secondary N) is 1. The van der Waals surface area contributed by atoms with Gasteiger partial charge in [-0.15, -0.1) is 0 Å². The Bertz CT molecular complexity index is 1490. The summed E-state index contributed by atoms with van der Waals surface area (Å²) >= 11 is 5.97. The van der Waals surface area contributed by atoms with Crippen LogP contribution in [0.1, 0.15) is 42.3 Å². The molecular formula is C25H21ClF5NO4S. The summed E-state index contributed by atoms with van der Waals surface area (Å²) < 4.78 is 89.8. The highest BCUT2D eigenvalue weighted by Gasteiger charge is 2.47. The molecule has 0 radical (unpaired) electrons. The second-order valence-corrected chi connectivity index (χ2v) is 11.6. The van der Waals surface area contributed by atoms with Crippen LogP contribution in [0, 0.1) is 18.6 Å². The summed E-state index contributed by atoms with van der Waals surface area (Å²) in [5, 5.41) is 12.8. The third kappa shape index (κ3) is 5.57. The van der Waals surface area contributed by atoms with Crippen molar-refractivity contribution in [2.24, 2.45) is 0 Å². The molecule has 0 fully saturated rings. The fraction of sp³-hybridized carbons (Fsp3) is 0.240. The van der Waals surface area contributed by atoms with Gasteiger partial charge < -0.3 is 10.4 Å². The van der Waals surface area contributed by atoms with Gasteiger partial charge in [-0.2, -0.15) is 13.2 Å². The van der Waals surface area contributed by atoms with Crippen molar-refractivity contribution >= 4 is 33.0 Å². The van der Waals surface area contributed by atoms with Gasteiger partial charge in [0.25, 0.3) is 15.7 Å². The molecule has 0 saturated heterocycles. The fourth-order valence-electron chi connectivity index (χ4n) is 3.71. The van der Waals surface area contributed by atoms with Crippen LogP contribution in [0.3, 0.4) is 0 Å². The van der Waals surface area contributed by atoms with Crippen LogP contribution in [0.25, 0.3) is 11.1 Å². The number of sulfone groups is 1. The van der Waals surface area contributed by atoms with Gasteiger partial charge in [-0.25, -0.2) is 17.2 Å². The van der Waals surface area contributed by atoms with Crippen LogP contribution in [-0.4, -0.2) is 24.9 Å². The molecule has 0 aromatic heterocycles. The van der Waals surface area contributed by atoms with Crippen molar-refractivity contribution in [3.05, 3.63) is 75.8 Å². The number of aromatic hydroxyl groups is 1. The normalized spacial score (nSPS) is 12.5. The van der Waals surface area contributed by atoms with E-state index in [1.54, 1.807) is 20.8 Å². The number of carbonyl (C=O) groups is 1. The Kier molecular flexibility index (Phi) is 7.37. The molecule has 0 bridgehead atoms. The summed E-state index contributed by atoms with van der Waals surface area (Å²) in [6.07, 6.45) is 0. The molecule has 0 aliphatic carbocycles. The summed E-state index contributed by atoms with van der Waals surface area (Å²) in [5.74, 6) is -3.07. The van der Waals surface area contributed by atoms with Gasteiger partial charge in [-0.1, -0.05) is 32.4 Å². The summed E-state index contributed by atoms with van der Waals surface area (Å²) in [6.45, 7) is 6.67. The highest BCUT2D eigenvalue weighted by atomic mass is 35.5. The number of anilines is 1. The monoisotopic (exact) mass is 561 g/mol. The number of rotatable bonds is 4. The molecule has 3 aromatic rings. The zero-order valence-electron chi connectivity index (χ0n) is 19.9. The molecule has 198 valence electrons. The molecular weight excluding hydrogens is 541 g/mol. The number of halogens is 6. The van der Waals surface area contributed by atoms with Crippen molar-refractivity contribution in [3.63, 3.8) is 0 Å². The minimum absolute atomic E-state index is 0.106. The lowest BCUT2D eigenvalue weighted by Gasteiger charge is -2.25. The van der Waals surface area contributed by atoms with Crippen molar-refractivity contribution in [3.8, 4) is 16.9 Å². The number of alkyl halides is 3. The number of carbonyl (C=O) groups excluding carboxylic acids is 1. The molecule has 0 atom stereocenters. The molecule has 0 aliphatic rings. The number of hydrogen-bond donors (Lipinski definition) is 2. The van der Waals surface area contributed by atoms with Crippen LogP contribution in [-0.2, 0) is 15.3 Å². The first-order valence-electron chi connectivity index (χ1n) is 10.6. The van der Waals surface area contributed by atoms with E-state index in [-0.39, 0.29) is 33.5 Å². The van der Waals surface area contributed by atoms with E-state index in [0.29, 0.717) is 18.2 Å². The maximum atomic E-state index is 13.9. The molecule has 3 aromatic carbocycles. The van der Waals surface area contributed by atoms with Gasteiger partial charge in [0.1, 0.15) is 17.4 Å². The topological polar surface area (TPSA) is 83.5 Å². The zero-order valence-corrected chi connectivity index (χ0v) is 21.5. The van der Waals surface area contributed by atoms with E-state index in [2.05, 4.69) is 5.32 Å². The SMILES string of the molecule is Cc1c(-c2cc(F)cc(F)c2)cc(C(C)(C)C)c(O)c1C(=O)Nc1ccc(S(=O)(=O)C(F)(F)F)cc1Cl. The quantitative estimate of drug-likeness (QED) is 0.332. The number of amides is 1. The standard InChI is InChI=1S/C25H21ClF5NO4S/c1-12-17(13-7-14(27)9-15(28)8-13)11-18(24(2,3)4)22(33)21(12)23(34)32-20-6-5-16(10-19(20)26)37(35,36)25(29,30)31/h5-11,33H,1-4H3,(H,32,34). The molecule has 0 heterocycles. The molecule has 0 spiro atoms. The van der Waals surface area contributed by atoms with Crippen molar-refractivity contribution in [1.29, 1.82) is 0 Å². The Labute approximate surface area is 214 Å². The summed E-state index contributed by atoms with van der Waals surface area (Å²) in [4.78, 5) is 12.2. The first-order chi connectivity index (χ1) is 16.8. The summed E-state index contributed by atoms with van der Waals surface area (Å²) in [7, 11) is -5.67. The highest BCUT2D eigenvalue weighted by Crippen LogP contribution is 2.41. The second-order valence-electron chi connectivity index (χ2n) is 9.27. The number of phenolic OH excluding ortho intramolecular Hbond substituents is 1. The van der Waals surface area contributed by atoms with Gasteiger partial charge in [-0.05, 0) is 65.4 Å². The van der Waals surface area contributed by atoms with Crippen LogP contribution in [0.5, 0.6) is 5.75 Å². The number of benzene rings is 3. The molecule has 3 rings (SSSR count). The highest BCUT2D eigenvalue weighted by molar-refractivity contribution is 7.92. The summed E-state index contributed by atoms with van der Waals surface area (Å²) in [6, 6.07) is 6.37. The van der Waals surface area contributed by atoms with Crippen molar-refractivity contribution in [1.82, 2.24) is 0 Å². The first-order valence-corrected chi connectivity index (χ1v) is 12.5. The Morgan fingerprint density at radius 2 is 1.54 bits per heavy atom. The molecule has 0 unspecified atom stereocenters. The van der Waals surface area contributed by atoms with Crippen LogP contribution >= 0.6 is 11.6 Å². The van der Waals surface area contributed by atoms with E-state index in [1.807, 2.05) is 0 Å². The van der Waals surface area contributed by atoms with Gasteiger partial charge in [0.05, 0.1) is 21.2 Å². The van der Waals surface area contributed by atoms with Gasteiger partial charge in [0, 0.05) is 11.6 Å². The summed E-state index contributed by atoms with van der Waals surface area (Å²) in [5.41, 5.74) is -5.98. The van der Waals surface area contributed by atoms with Crippen LogP contribution in [0.2, 0.25) is 5.02 Å². The Hall–Kier alpha value is -3.18. The number of hydrogen-bond acceptors (Lipinski definition) is 4. The van der Waals surface area contributed by atoms with Crippen molar-refractivity contribution in [2.75, 3.05) is 5.32 Å². The second kappa shape index (κ2) is 9.60. The minimum Gasteiger partial charge on any atom is -0.507 e. The van der Waals surface area contributed by atoms with Crippen LogP contribution in [0.15, 0.2) is 47.4 Å². The first kappa shape index (κ1) is 28.4. The minimum atomic E-state index is -5.67. The van der Waals surface area contributed by atoms with E-state index in [9.17, 15) is 40.3 Å². The van der Waals surface area contributed by atoms with E-state index in [4.69, 9.17) is 11.6 Å². The van der Waals surface area contributed by atoms with Gasteiger partial charge in [-0.3, -0.25) is 4.79 Å². The van der Waals surface area contributed by atoms with E-state index < -0.39 is 54.0 Å². The van der Waals surface area contributed by atoms with Gasteiger partial charge in [0.15, 0.2) is 0 Å². The van der Waals surface area contributed by atoms with E-state index >= 15 is 0 Å². The predicted molar refractivity (Wildman–Crippen MR) is 130 cm³/mol. The van der Waals surface area contributed by atoms with E-state index in [1.165, 1.54) is 13.0 Å². The average Bonchev–Trinajstić information content (AvgIpc) is 2.72. The largest absolute Gasteiger partial charge is 0.507 e. The zero-order chi connectivity index (χ0) is 28.1.